The third-order valence-corrected chi connectivity index (χ3v) is 2.64. The molecule has 0 amide bonds. The Morgan fingerprint density at radius 3 is 3.21 bits per heavy atom. The number of aromatic nitrogens is 2. The fourth-order valence-electron chi connectivity index (χ4n) is 1.93. The zero-order chi connectivity index (χ0) is 9.38. The number of anilines is 1. The largest absolute Gasteiger partial charge is 0.357 e. The summed E-state index contributed by atoms with van der Waals surface area (Å²) in [5.41, 5.74) is 2.23. The predicted molar refractivity (Wildman–Crippen MR) is 56.3 cm³/mol. The average molecular weight is 188 g/mol. The summed E-state index contributed by atoms with van der Waals surface area (Å²) in [5.74, 6) is 0. The Morgan fingerprint density at radius 2 is 2.36 bits per heavy atom. The maximum atomic E-state index is 4.27. The van der Waals surface area contributed by atoms with Crippen LogP contribution >= 0.6 is 0 Å². The van der Waals surface area contributed by atoms with Crippen molar-refractivity contribution in [2.45, 2.75) is 0 Å². The van der Waals surface area contributed by atoms with E-state index in [0.29, 0.717) is 0 Å². The van der Waals surface area contributed by atoms with Gasteiger partial charge in [0.05, 0.1) is 12.4 Å². The second-order valence-corrected chi connectivity index (χ2v) is 3.49. The van der Waals surface area contributed by atoms with Crippen molar-refractivity contribution >= 4 is 16.7 Å². The van der Waals surface area contributed by atoms with Crippen LogP contribution in [0.25, 0.3) is 11.0 Å². The summed E-state index contributed by atoms with van der Waals surface area (Å²) in [4.78, 5) is 9.73. The van der Waals surface area contributed by atoms with E-state index >= 15 is 0 Å². The first-order valence-electron chi connectivity index (χ1n) is 4.83. The minimum atomic E-state index is 0.935. The zero-order valence-corrected chi connectivity index (χ0v) is 7.83. The van der Waals surface area contributed by atoms with Gasteiger partial charge in [-0.3, -0.25) is 5.32 Å². The summed E-state index contributed by atoms with van der Waals surface area (Å²) in [5, 5.41) is 4.53. The molecule has 1 saturated heterocycles. The Kier molecular flexibility index (Phi) is 1.67. The van der Waals surface area contributed by atoms with Crippen LogP contribution in [-0.4, -0.2) is 29.7 Å². The highest BCUT2D eigenvalue weighted by atomic mass is 15.3. The second kappa shape index (κ2) is 2.99. The molecular weight excluding hydrogens is 176 g/mol. The van der Waals surface area contributed by atoms with E-state index in [9.17, 15) is 0 Å². The van der Waals surface area contributed by atoms with Gasteiger partial charge in [-0.15, -0.1) is 0 Å². The van der Waals surface area contributed by atoms with E-state index in [-0.39, 0.29) is 0 Å². The summed E-state index contributed by atoms with van der Waals surface area (Å²) in [6, 6.07) is 4.15. The maximum Gasteiger partial charge on any atom is 0.139 e. The van der Waals surface area contributed by atoms with Gasteiger partial charge >= 0.3 is 0 Å². The molecule has 3 rings (SSSR count). The third-order valence-electron chi connectivity index (χ3n) is 2.64. The summed E-state index contributed by atoms with van der Waals surface area (Å²) in [6.45, 7) is 3.07. The molecule has 0 unspecified atom stereocenters. The van der Waals surface area contributed by atoms with Crippen LogP contribution in [0.2, 0.25) is 0 Å². The van der Waals surface area contributed by atoms with Crippen molar-refractivity contribution < 1.29 is 0 Å². The summed E-state index contributed by atoms with van der Waals surface area (Å²) >= 11 is 0. The number of nitrogens with one attached hydrogen (secondary N) is 2. The number of H-pyrrole nitrogens is 1. The van der Waals surface area contributed by atoms with Crippen LogP contribution in [0.15, 0.2) is 24.5 Å². The standard InChI is InChI=1S/C10H12N4/c1-3-12-10-8(1)9(2-4-13-10)14-6-5-11-7-14/h1-4,11H,5-7H2,(H,12,13). The quantitative estimate of drug-likeness (QED) is 0.699. The maximum absolute atomic E-state index is 4.27. The number of fused-ring (bicyclic) bond motifs is 1. The van der Waals surface area contributed by atoms with Crippen molar-refractivity contribution in [1.82, 2.24) is 15.3 Å². The minimum Gasteiger partial charge on any atom is -0.357 e. The Labute approximate surface area is 81.9 Å². The monoisotopic (exact) mass is 188 g/mol. The molecule has 2 aromatic rings. The lowest BCUT2D eigenvalue weighted by Gasteiger charge is -2.17. The van der Waals surface area contributed by atoms with Gasteiger partial charge in [0.2, 0.25) is 0 Å². The molecule has 3 heterocycles. The van der Waals surface area contributed by atoms with Gasteiger partial charge in [0.25, 0.3) is 0 Å². The third kappa shape index (κ3) is 1.08. The Balaban J connectivity index is 2.14. The van der Waals surface area contributed by atoms with Gasteiger partial charge < -0.3 is 9.88 Å². The van der Waals surface area contributed by atoms with Crippen LogP contribution in [-0.2, 0) is 0 Å². The van der Waals surface area contributed by atoms with Crippen molar-refractivity contribution in [3.63, 3.8) is 0 Å². The topological polar surface area (TPSA) is 44.0 Å². The highest BCUT2D eigenvalue weighted by molar-refractivity contribution is 5.89. The van der Waals surface area contributed by atoms with E-state index in [1.54, 1.807) is 0 Å². The van der Waals surface area contributed by atoms with Gasteiger partial charge in [0.1, 0.15) is 5.65 Å². The minimum absolute atomic E-state index is 0.935. The van der Waals surface area contributed by atoms with E-state index in [1.165, 1.54) is 11.1 Å². The lowest BCUT2D eigenvalue weighted by Crippen LogP contribution is -2.21. The van der Waals surface area contributed by atoms with Crippen LogP contribution in [0.4, 0.5) is 5.69 Å². The molecule has 0 atom stereocenters. The van der Waals surface area contributed by atoms with Crippen LogP contribution in [0, 0.1) is 0 Å². The van der Waals surface area contributed by atoms with Crippen molar-refractivity contribution in [3.05, 3.63) is 24.5 Å². The molecule has 0 aromatic carbocycles. The zero-order valence-electron chi connectivity index (χ0n) is 7.83. The molecule has 0 saturated carbocycles. The van der Waals surface area contributed by atoms with Crippen LogP contribution in [0.1, 0.15) is 0 Å². The molecule has 0 radical (unpaired) electrons. The van der Waals surface area contributed by atoms with Crippen molar-refractivity contribution in [2.24, 2.45) is 0 Å². The van der Waals surface area contributed by atoms with Crippen LogP contribution < -0.4 is 10.2 Å². The van der Waals surface area contributed by atoms with Crippen molar-refractivity contribution in [2.75, 3.05) is 24.7 Å². The van der Waals surface area contributed by atoms with Gasteiger partial charge in [-0.1, -0.05) is 0 Å². The molecule has 1 aliphatic heterocycles. The summed E-state index contributed by atoms with van der Waals surface area (Å²) < 4.78 is 0. The van der Waals surface area contributed by atoms with E-state index in [0.717, 1.165) is 25.4 Å². The molecular formula is C10H12N4. The molecule has 2 aromatic heterocycles. The molecule has 4 heteroatoms. The number of pyridine rings is 1. The number of hydrogen-bond donors (Lipinski definition) is 2. The van der Waals surface area contributed by atoms with Gasteiger partial charge in [0.15, 0.2) is 0 Å². The molecule has 0 spiro atoms. The van der Waals surface area contributed by atoms with E-state index < -0.39 is 0 Å². The lowest BCUT2D eigenvalue weighted by atomic mass is 10.2. The first-order valence-corrected chi connectivity index (χ1v) is 4.83. The van der Waals surface area contributed by atoms with Gasteiger partial charge in [-0.25, -0.2) is 4.98 Å². The molecule has 0 aliphatic carbocycles. The van der Waals surface area contributed by atoms with Crippen molar-refractivity contribution in [1.29, 1.82) is 0 Å². The number of rotatable bonds is 1. The SMILES string of the molecule is c1cc(N2CCNC2)c2cc[nH]c2n1. The first kappa shape index (κ1) is 7.82. The first-order chi connectivity index (χ1) is 6.95. The number of aromatic amines is 1. The Bertz CT molecular complexity index is 442. The molecule has 0 bridgehead atoms. The van der Waals surface area contributed by atoms with Gasteiger partial charge in [-0.05, 0) is 12.1 Å². The second-order valence-electron chi connectivity index (χ2n) is 3.49. The Morgan fingerprint density at radius 1 is 1.36 bits per heavy atom. The highest BCUT2D eigenvalue weighted by Gasteiger charge is 2.14. The van der Waals surface area contributed by atoms with E-state index in [2.05, 4.69) is 32.3 Å². The van der Waals surface area contributed by atoms with Crippen molar-refractivity contribution in [3.8, 4) is 0 Å². The lowest BCUT2D eigenvalue weighted by molar-refractivity contribution is 0.856. The van der Waals surface area contributed by atoms with E-state index in [4.69, 9.17) is 0 Å². The number of nitrogens with zero attached hydrogens (tertiary/aromatic N) is 2. The van der Waals surface area contributed by atoms with Crippen LogP contribution in [0.3, 0.4) is 0 Å². The molecule has 2 N–H and O–H groups in total. The molecule has 72 valence electrons. The predicted octanol–water partition coefficient (Wildman–Crippen LogP) is 0.930. The molecule has 14 heavy (non-hydrogen) atoms. The summed E-state index contributed by atoms with van der Waals surface area (Å²) in [7, 11) is 0. The molecule has 1 aliphatic rings. The number of hydrogen-bond acceptors (Lipinski definition) is 3. The molecule has 4 nitrogen and oxygen atoms in total. The van der Waals surface area contributed by atoms with Gasteiger partial charge in [-0.2, -0.15) is 0 Å². The fraction of sp³-hybridized carbons (Fsp3) is 0.300. The smallest absolute Gasteiger partial charge is 0.139 e. The molecule has 1 fully saturated rings. The Hall–Kier alpha value is -1.55. The fourth-order valence-corrected chi connectivity index (χ4v) is 1.93. The van der Waals surface area contributed by atoms with Gasteiger partial charge in [0, 0.05) is 30.9 Å². The van der Waals surface area contributed by atoms with E-state index in [1.807, 2.05) is 12.4 Å². The normalized spacial score (nSPS) is 16.7. The van der Waals surface area contributed by atoms with Crippen LogP contribution in [0.5, 0.6) is 0 Å². The highest BCUT2D eigenvalue weighted by Crippen LogP contribution is 2.24. The summed E-state index contributed by atoms with van der Waals surface area (Å²) in [6.07, 6.45) is 3.79. The average Bonchev–Trinajstić information content (AvgIpc) is 2.88.